The highest BCUT2D eigenvalue weighted by molar-refractivity contribution is 7.80. The number of anilines is 2. The lowest BCUT2D eigenvalue weighted by Crippen LogP contribution is -2.34. The molecule has 0 spiro atoms. The molecule has 5 rings (SSSR count). The third-order valence-electron chi connectivity index (χ3n) is 5.73. The van der Waals surface area contributed by atoms with Crippen LogP contribution in [0, 0.1) is 10.1 Å². The smallest absolute Gasteiger partial charge is 0.293 e. The summed E-state index contributed by atoms with van der Waals surface area (Å²) in [6, 6.07) is 12.9. The second-order valence-corrected chi connectivity index (χ2v) is 8.92. The van der Waals surface area contributed by atoms with Crippen LogP contribution >= 0.6 is 23.8 Å². The highest BCUT2D eigenvalue weighted by atomic mass is 35.5. The molecule has 1 fully saturated rings. The van der Waals surface area contributed by atoms with Gasteiger partial charge in [-0.15, -0.1) is 0 Å². The van der Waals surface area contributed by atoms with E-state index in [1.54, 1.807) is 48.7 Å². The molecule has 0 aliphatic carbocycles. The fraction of sp³-hybridized carbons (Fsp3) is 0.167. The van der Waals surface area contributed by atoms with E-state index < -0.39 is 10.8 Å². The number of aromatic nitrogens is 2. The van der Waals surface area contributed by atoms with Gasteiger partial charge in [-0.25, -0.2) is 4.98 Å². The Morgan fingerprint density at radius 3 is 2.72 bits per heavy atom. The summed E-state index contributed by atoms with van der Waals surface area (Å²) in [4.78, 5) is 34.4. The van der Waals surface area contributed by atoms with Crippen LogP contribution in [0.3, 0.4) is 0 Å². The van der Waals surface area contributed by atoms with E-state index >= 15 is 0 Å². The number of hydrogen-bond acceptors (Lipinski definition) is 8. The van der Waals surface area contributed by atoms with Gasteiger partial charge in [-0.1, -0.05) is 11.6 Å². The molecule has 1 saturated heterocycles. The van der Waals surface area contributed by atoms with E-state index in [1.807, 2.05) is 4.90 Å². The molecule has 0 atom stereocenters. The highest BCUT2D eigenvalue weighted by Crippen LogP contribution is 2.33. The Morgan fingerprint density at radius 2 is 1.97 bits per heavy atom. The number of fused-ring (bicyclic) bond motifs is 1. The SMILES string of the molecule is O=C(NC(=S)Nc1ccc(Cl)c(-c2nc3ncccc3o2)c1)c1ccc(N2CCCC2)c([N+](=O)[O-])c1. The van der Waals surface area contributed by atoms with Crippen LogP contribution in [-0.2, 0) is 0 Å². The maximum atomic E-state index is 12.8. The number of halogens is 1. The van der Waals surface area contributed by atoms with Crippen molar-refractivity contribution in [2.75, 3.05) is 23.3 Å². The number of hydrogen-bond donors (Lipinski definition) is 2. The van der Waals surface area contributed by atoms with E-state index in [0.717, 1.165) is 25.9 Å². The van der Waals surface area contributed by atoms with Crippen LogP contribution in [0.4, 0.5) is 17.1 Å². The Bertz CT molecular complexity index is 1470. The topological polar surface area (TPSA) is 126 Å². The summed E-state index contributed by atoms with van der Waals surface area (Å²) in [6.45, 7) is 1.51. The second kappa shape index (κ2) is 9.88. The molecule has 0 radical (unpaired) electrons. The van der Waals surface area contributed by atoms with Crippen molar-refractivity contribution in [1.29, 1.82) is 0 Å². The minimum atomic E-state index is -0.567. The number of benzene rings is 2. The van der Waals surface area contributed by atoms with Crippen LogP contribution in [0.25, 0.3) is 22.7 Å². The number of amides is 1. The summed E-state index contributed by atoms with van der Waals surface area (Å²) in [5.41, 5.74) is 2.55. The zero-order valence-corrected chi connectivity index (χ0v) is 20.3. The lowest BCUT2D eigenvalue weighted by atomic mass is 10.1. The van der Waals surface area contributed by atoms with Crippen LogP contribution in [0.1, 0.15) is 23.2 Å². The molecule has 12 heteroatoms. The van der Waals surface area contributed by atoms with Crippen molar-refractivity contribution in [3.8, 4) is 11.5 Å². The van der Waals surface area contributed by atoms with Gasteiger partial charge in [-0.2, -0.15) is 4.98 Å². The molecule has 0 saturated carbocycles. The van der Waals surface area contributed by atoms with Gasteiger partial charge in [0.2, 0.25) is 5.89 Å². The van der Waals surface area contributed by atoms with Crippen molar-refractivity contribution in [2.45, 2.75) is 12.8 Å². The van der Waals surface area contributed by atoms with Crippen molar-refractivity contribution in [3.63, 3.8) is 0 Å². The minimum Gasteiger partial charge on any atom is -0.434 e. The molecule has 0 bridgehead atoms. The van der Waals surface area contributed by atoms with Crippen molar-refractivity contribution >= 4 is 63.1 Å². The van der Waals surface area contributed by atoms with Crippen LogP contribution in [0.2, 0.25) is 5.02 Å². The normalized spacial score (nSPS) is 13.1. The monoisotopic (exact) mass is 522 g/mol. The number of carbonyl (C=O) groups excluding carboxylic acids is 1. The quantitative estimate of drug-likeness (QED) is 0.207. The molecule has 1 aliphatic rings. The number of oxazole rings is 1. The first-order valence-electron chi connectivity index (χ1n) is 11.1. The van der Waals surface area contributed by atoms with Gasteiger partial charge >= 0.3 is 0 Å². The molecule has 4 aromatic rings. The molecule has 0 unspecified atom stereocenters. The summed E-state index contributed by atoms with van der Waals surface area (Å²) in [7, 11) is 0. The van der Waals surface area contributed by atoms with Gasteiger partial charge in [0.25, 0.3) is 11.6 Å². The molecule has 2 aromatic carbocycles. The van der Waals surface area contributed by atoms with Crippen molar-refractivity contribution < 1.29 is 14.1 Å². The van der Waals surface area contributed by atoms with Crippen LogP contribution in [0.5, 0.6) is 0 Å². The highest BCUT2D eigenvalue weighted by Gasteiger charge is 2.24. The van der Waals surface area contributed by atoms with Crippen molar-refractivity contribution in [2.24, 2.45) is 0 Å². The number of thiocarbonyl (C=S) groups is 1. The molecule has 36 heavy (non-hydrogen) atoms. The van der Waals surface area contributed by atoms with Gasteiger partial charge in [-0.3, -0.25) is 20.2 Å². The van der Waals surface area contributed by atoms with Crippen molar-refractivity contribution in [1.82, 2.24) is 15.3 Å². The first kappa shape index (κ1) is 23.6. The third-order valence-corrected chi connectivity index (χ3v) is 6.26. The minimum absolute atomic E-state index is 0.0128. The number of nitrogens with zero attached hydrogens (tertiary/aromatic N) is 4. The summed E-state index contributed by atoms with van der Waals surface area (Å²) in [5, 5.41) is 17.5. The van der Waals surface area contributed by atoms with E-state index in [9.17, 15) is 14.9 Å². The molecular formula is C24H19ClN6O4S. The molecule has 2 N–H and O–H groups in total. The Kier molecular flexibility index (Phi) is 6.49. The lowest BCUT2D eigenvalue weighted by Gasteiger charge is -2.18. The van der Waals surface area contributed by atoms with Gasteiger partial charge in [-0.05, 0) is 67.5 Å². The zero-order chi connectivity index (χ0) is 25.2. The standard InChI is InChI=1S/C24H19ClN6O4S/c25-17-7-6-15(13-16(17)23-28-21-20(35-23)4-3-9-26-21)27-24(36)29-22(32)14-5-8-18(19(12-14)31(33)34)30-10-1-2-11-30/h3-9,12-13H,1-2,10-11H2,(H2,27,29,32,36). The zero-order valence-electron chi connectivity index (χ0n) is 18.7. The number of carbonyl (C=O) groups is 1. The predicted octanol–water partition coefficient (Wildman–Crippen LogP) is 5.18. The predicted molar refractivity (Wildman–Crippen MR) is 140 cm³/mol. The lowest BCUT2D eigenvalue weighted by molar-refractivity contribution is -0.384. The number of rotatable bonds is 5. The molecule has 2 aromatic heterocycles. The molecular weight excluding hydrogens is 504 g/mol. The van der Waals surface area contributed by atoms with Gasteiger partial charge in [0.15, 0.2) is 16.3 Å². The van der Waals surface area contributed by atoms with E-state index in [4.69, 9.17) is 28.2 Å². The van der Waals surface area contributed by atoms with Gasteiger partial charge < -0.3 is 14.6 Å². The Balaban J connectivity index is 1.31. The summed E-state index contributed by atoms with van der Waals surface area (Å²) >= 11 is 11.6. The van der Waals surface area contributed by atoms with E-state index in [2.05, 4.69) is 20.6 Å². The van der Waals surface area contributed by atoms with Crippen LogP contribution < -0.4 is 15.5 Å². The number of nitro benzene ring substituents is 1. The first-order chi connectivity index (χ1) is 17.4. The molecule has 1 aliphatic heterocycles. The maximum absolute atomic E-state index is 12.8. The second-order valence-electron chi connectivity index (χ2n) is 8.10. The molecule has 182 valence electrons. The Labute approximate surface area is 215 Å². The fourth-order valence-corrected chi connectivity index (χ4v) is 4.43. The van der Waals surface area contributed by atoms with Crippen molar-refractivity contribution in [3.05, 3.63) is 75.4 Å². The summed E-state index contributed by atoms with van der Waals surface area (Å²) < 4.78 is 5.75. The van der Waals surface area contributed by atoms with E-state index in [0.29, 0.717) is 33.2 Å². The van der Waals surface area contributed by atoms with E-state index in [1.165, 1.54) is 6.07 Å². The largest absolute Gasteiger partial charge is 0.434 e. The Morgan fingerprint density at radius 1 is 1.17 bits per heavy atom. The molecule has 3 heterocycles. The maximum Gasteiger partial charge on any atom is 0.293 e. The average Bonchev–Trinajstić information content (AvgIpc) is 3.55. The third kappa shape index (κ3) is 4.83. The van der Waals surface area contributed by atoms with Gasteiger partial charge in [0.05, 0.1) is 15.5 Å². The van der Waals surface area contributed by atoms with Gasteiger partial charge in [0.1, 0.15) is 5.69 Å². The average molecular weight is 523 g/mol. The number of pyridine rings is 1. The number of nitro groups is 1. The summed E-state index contributed by atoms with van der Waals surface area (Å²) in [5.74, 6) is -0.277. The Hall–Kier alpha value is -4.09. The molecule has 10 nitrogen and oxygen atoms in total. The van der Waals surface area contributed by atoms with E-state index in [-0.39, 0.29) is 22.3 Å². The number of nitrogens with one attached hydrogen (secondary N) is 2. The van der Waals surface area contributed by atoms with Crippen LogP contribution in [-0.4, -0.2) is 39.0 Å². The summed E-state index contributed by atoms with van der Waals surface area (Å²) in [6.07, 6.45) is 3.58. The van der Waals surface area contributed by atoms with Gasteiger partial charge in [0, 0.05) is 36.6 Å². The molecule has 1 amide bonds. The van der Waals surface area contributed by atoms with Crippen LogP contribution in [0.15, 0.2) is 59.1 Å². The fourth-order valence-electron chi connectivity index (χ4n) is 4.03. The first-order valence-corrected chi connectivity index (χ1v) is 11.8.